The third kappa shape index (κ3) is 3.17. The van der Waals surface area contributed by atoms with Gasteiger partial charge in [-0.15, -0.1) is 0 Å². The number of para-hydroxylation sites is 1. The number of imide groups is 1. The van der Waals surface area contributed by atoms with Gasteiger partial charge in [0.15, 0.2) is 0 Å². The van der Waals surface area contributed by atoms with Gasteiger partial charge in [0.2, 0.25) is 0 Å². The van der Waals surface area contributed by atoms with Crippen molar-refractivity contribution in [3.05, 3.63) is 70.4 Å². The van der Waals surface area contributed by atoms with Gasteiger partial charge in [0.25, 0.3) is 11.8 Å². The van der Waals surface area contributed by atoms with E-state index in [9.17, 15) is 22.8 Å². The van der Waals surface area contributed by atoms with Gasteiger partial charge in [-0.2, -0.15) is 13.2 Å². The Morgan fingerprint density at radius 1 is 1.00 bits per heavy atom. The standard InChI is InChI=1S/C18H12ClF3N2O2/c1-10-5-2-3-8-13(10)24-16(25)14(19)15(17(24)26)23-12-7-4-6-11(9-12)18(20,21)22/h2-9,23H,1H3. The third-order valence-electron chi connectivity index (χ3n) is 3.84. The number of rotatable bonds is 3. The van der Waals surface area contributed by atoms with E-state index in [-0.39, 0.29) is 16.4 Å². The van der Waals surface area contributed by atoms with E-state index in [4.69, 9.17) is 11.6 Å². The number of nitrogens with one attached hydrogen (secondary N) is 1. The molecule has 1 heterocycles. The van der Waals surface area contributed by atoms with Crippen molar-refractivity contribution >= 4 is 34.8 Å². The normalized spacial score (nSPS) is 15.0. The Bertz CT molecular complexity index is 938. The van der Waals surface area contributed by atoms with Crippen LogP contribution < -0.4 is 10.2 Å². The first kappa shape index (κ1) is 18.0. The molecule has 0 spiro atoms. The van der Waals surface area contributed by atoms with Crippen LogP contribution in [0.15, 0.2) is 59.3 Å². The van der Waals surface area contributed by atoms with Crippen molar-refractivity contribution in [2.75, 3.05) is 10.2 Å². The molecule has 2 amide bonds. The molecule has 26 heavy (non-hydrogen) atoms. The molecule has 0 aromatic heterocycles. The Morgan fingerprint density at radius 3 is 2.35 bits per heavy atom. The van der Waals surface area contributed by atoms with Crippen LogP contribution in [0.3, 0.4) is 0 Å². The maximum Gasteiger partial charge on any atom is 0.416 e. The molecule has 3 rings (SSSR count). The fourth-order valence-electron chi connectivity index (χ4n) is 2.56. The van der Waals surface area contributed by atoms with Crippen molar-refractivity contribution in [1.82, 2.24) is 0 Å². The molecule has 0 atom stereocenters. The van der Waals surface area contributed by atoms with Crippen LogP contribution in [0.25, 0.3) is 0 Å². The lowest BCUT2D eigenvalue weighted by Gasteiger charge is -2.17. The lowest BCUT2D eigenvalue weighted by atomic mass is 10.2. The summed E-state index contributed by atoms with van der Waals surface area (Å²) in [6.45, 7) is 1.72. The number of benzene rings is 2. The second-order valence-corrected chi connectivity index (χ2v) is 6.00. The summed E-state index contributed by atoms with van der Waals surface area (Å²) in [6.07, 6.45) is -4.53. The summed E-state index contributed by atoms with van der Waals surface area (Å²) in [6, 6.07) is 11.0. The first-order valence-corrected chi connectivity index (χ1v) is 7.86. The average molecular weight is 381 g/mol. The number of alkyl halides is 3. The first-order valence-electron chi connectivity index (χ1n) is 7.48. The highest BCUT2D eigenvalue weighted by molar-refractivity contribution is 6.53. The number of carbonyl (C=O) groups is 2. The van der Waals surface area contributed by atoms with Gasteiger partial charge >= 0.3 is 6.18 Å². The second kappa shape index (κ2) is 6.49. The number of aryl methyl sites for hydroxylation is 1. The van der Waals surface area contributed by atoms with Gasteiger partial charge in [-0.05, 0) is 36.8 Å². The van der Waals surface area contributed by atoms with E-state index in [1.54, 1.807) is 31.2 Å². The van der Waals surface area contributed by atoms with E-state index in [0.29, 0.717) is 11.3 Å². The Kier molecular flexibility index (Phi) is 4.50. The molecule has 1 N–H and O–H groups in total. The SMILES string of the molecule is Cc1ccccc1N1C(=O)C(Cl)=C(Nc2cccc(C(F)(F)F)c2)C1=O. The largest absolute Gasteiger partial charge is 0.416 e. The van der Waals surface area contributed by atoms with Crippen LogP contribution in [0.2, 0.25) is 0 Å². The van der Waals surface area contributed by atoms with E-state index in [1.165, 1.54) is 12.1 Å². The average Bonchev–Trinajstić information content (AvgIpc) is 2.79. The summed E-state index contributed by atoms with van der Waals surface area (Å²) in [7, 11) is 0. The lowest BCUT2D eigenvalue weighted by Crippen LogP contribution is -2.32. The molecule has 0 unspecified atom stereocenters. The molecule has 1 aliphatic heterocycles. The number of halogens is 4. The molecule has 0 saturated heterocycles. The van der Waals surface area contributed by atoms with E-state index in [2.05, 4.69) is 5.32 Å². The highest BCUT2D eigenvalue weighted by atomic mass is 35.5. The van der Waals surface area contributed by atoms with Gasteiger partial charge < -0.3 is 5.32 Å². The molecule has 2 aromatic rings. The molecule has 4 nitrogen and oxygen atoms in total. The lowest BCUT2D eigenvalue weighted by molar-refractivity contribution is -0.137. The minimum atomic E-state index is -4.53. The van der Waals surface area contributed by atoms with Crippen LogP contribution in [0.4, 0.5) is 24.5 Å². The number of nitrogens with zero attached hydrogens (tertiary/aromatic N) is 1. The fourth-order valence-corrected chi connectivity index (χ4v) is 2.77. The van der Waals surface area contributed by atoms with Crippen LogP contribution in [-0.2, 0) is 15.8 Å². The predicted octanol–water partition coefficient (Wildman–Crippen LogP) is 4.45. The molecular formula is C18H12ClF3N2O2. The van der Waals surface area contributed by atoms with Gasteiger partial charge in [0, 0.05) is 5.69 Å². The molecule has 0 aliphatic carbocycles. The van der Waals surface area contributed by atoms with Crippen LogP contribution in [0.5, 0.6) is 0 Å². The van der Waals surface area contributed by atoms with Crippen LogP contribution in [-0.4, -0.2) is 11.8 Å². The topological polar surface area (TPSA) is 49.4 Å². The highest BCUT2D eigenvalue weighted by Gasteiger charge is 2.39. The molecule has 0 bridgehead atoms. The summed E-state index contributed by atoms with van der Waals surface area (Å²) < 4.78 is 38.5. The molecular weight excluding hydrogens is 369 g/mol. The molecule has 1 aliphatic rings. The summed E-state index contributed by atoms with van der Waals surface area (Å²) in [5, 5.41) is 2.16. The zero-order valence-electron chi connectivity index (χ0n) is 13.4. The minimum absolute atomic E-state index is 0.000702. The quantitative estimate of drug-likeness (QED) is 0.800. The number of amides is 2. The summed E-state index contributed by atoms with van der Waals surface area (Å²) in [5.74, 6) is -1.47. The Balaban J connectivity index is 1.93. The third-order valence-corrected chi connectivity index (χ3v) is 4.19. The van der Waals surface area contributed by atoms with Crippen molar-refractivity contribution < 1.29 is 22.8 Å². The zero-order valence-corrected chi connectivity index (χ0v) is 14.2. The highest BCUT2D eigenvalue weighted by Crippen LogP contribution is 2.34. The van der Waals surface area contributed by atoms with Crippen LogP contribution in [0.1, 0.15) is 11.1 Å². The zero-order chi connectivity index (χ0) is 19.1. The van der Waals surface area contributed by atoms with Gasteiger partial charge in [0.1, 0.15) is 10.7 Å². The molecule has 134 valence electrons. The second-order valence-electron chi connectivity index (χ2n) is 5.62. The van der Waals surface area contributed by atoms with Crippen LogP contribution >= 0.6 is 11.6 Å². The summed E-state index contributed by atoms with van der Waals surface area (Å²) >= 11 is 5.98. The van der Waals surface area contributed by atoms with Gasteiger partial charge in [-0.3, -0.25) is 9.59 Å². The van der Waals surface area contributed by atoms with E-state index in [0.717, 1.165) is 17.0 Å². The Labute approximate surface area is 151 Å². The summed E-state index contributed by atoms with van der Waals surface area (Å²) in [4.78, 5) is 25.9. The van der Waals surface area contributed by atoms with Crippen LogP contribution in [0, 0.1) is 6.92 Å². The molecule has 2 aromatic carbocycles. The maximum atomic E-state index is 12.8. The van der Waals surface area contributed by atoms with E-state index < -0.39 is 23.6 Å². The number of hydrogen-bond donors (Lipinski definition) is 1. The minimum Gasteiger partial charge on any atom is -0.350 e. The number of hydrogen-bond acceptors (Lipinski definition) is 3. The van der Waals surface area contributed by atoms with Crippen molar-refractivity contribution in [1.29, 1.82) is 0 Å². The Morgan fingerprint density at radius 2 is 1.69 bits per heavy atom. The van der Waals surface area contributed by atoms with E-state index in [1.807, 2.05) is 0 Å². The molecule has 0 saturated carbocycles. The number of carbonyl (C=O) groups excluding carboxylic acids is 2. The number of anilines is 2. The Hall–Kier alpha value is -2.80. The van der Waals surface area contributed by atoms with Gasteiger partial charge in [0.05, 0.1) is 11.3 Å². The van der Waals surface area contributed by atoms with Gasteiger partial charge in [-0.1, -0.05) is 35.9 Å². The van der Waals surface area contributed by atoms with Crippen molar-refractivity contribution in [2.45, 2.75) is 13.1 Å². The van der Waals surface area contributed by atoms with Gasteiger partial charge in [-0.25, -0.2) is 4.90 Å². The molecule has 0 radical (unpaired) electrons. The molecule has 8 heteroatoms. The monoisotopic (exact) mass is 380 g/mol. The molecule has 0 fully saturated rings. The van der Waals surface area contributed by atoms with Crippen molar-refractivity contribution in [2.24, 2.45) is 0 Å². The van der Waals surface area contributed by atoms with Crippen molar-refractivity contribution in [3.8, 4) is 0 Å². The summed E-state index contributed by atoms with van der Waals surface area (Å²) in [5.41, 5.74) is -0.104. The maximum absolute atomic E-state index is 12.8. The first-order chi connectivity index (χ1) is 12.2. The predicted molar refractivity (Wildman–Crippen MR) is 91.6 cm³/mol. The smallest absolute Gasteiger partial charge is 0.350 e. The fraction of sp³-hybridized carbons (Fsp3) is 0.111. The van der Waals surface area contributed by atoms with Crippen molar-refractivity contribution in [3.63, 3.8) is 0 Å². The van der Waals surface area contributed by atoms with E-state index >= 15 is 0 Å².